The van der Waals surface area contributed by atoms with Crippen molar-refractivity contribution in [3.05, 3.63) is 0 Å². The number of piperidine rings is 1. The summed E-state index contributed by atoms with van der Waals surface area (Å²) in [5.74, 6) is -1.17. The predicted molar refractivity (Wildman–Crippen MR) is 59.7 cm³/mol. The Bertz CT molecular complexity index is 219. The van der Waals surface area contributed by atoms with Crippen molar-refractivity contribution < 1.29 is 17.9 Å². The van der Waals surface area contributed by atoms with Crippen molar-refractivity contribution >= 4 is 0 Å². The molecule has 0 saturated carbocycles. The fourth-order valence-corrected chi connectivity index (χ4v) is 2.18. The number of nitrogens with two attached hydrogens (primary N) is 1. The minimum atomic E-state index is -4.06. The second-order valence-electron chi connectivity index (χ2n) is 4.56. The highest BCUT2D eigenvalue weighted by Crippen LogP contribution is 2.33. The van der Waals surface area contributed by atoms with Gasteiger partial charge in [-0.3, -0.25) is 0 Å². The number of likely N-dealkylation sites (tertiary alicyclic amines) is 1. The third kappa shape index (κ3) is 4.81. The Hall–Kier alpha value is -0.330. The first-order valence-electron chi connectivity index (χ1n) is 5.99. The molecule has 3 nitrogen and oxygen atoms in total. The SMILES string of the molecule is COC(CN)CCN1CCCC(C(F)(F)F)C1. The van der Waals surface area contributed by atoms with Crippen molar-refractivity contribution in [3.63, 3.8) is 0 Å². The molecule has 1 rings (SSSR count). The molecule has 0 aromatic rings. The molecule has 1 heterocycles. The summed E-state index contributed by atoms with van der Waals surface area (Å²) >= 11 is 0. The van der Waals surface area contributed by atoms with Crippen LogP contribution in [0.5, 0.6) is 0 Å². The van der Waals surface area contributed by atoms with E-state index in [0.717, 1.165) is 6.54 Å². The first kappa shape index (κ1) is 14.7. The smallest absolute Gasteiger partial charge is 0.380 e. The van der Waals surface area contributed by atoms with E-state index in [9.17, 15) is 13.2 Å². The van der Waals surface area contributed by atoms with Crippen LogP contribution in [0.3, 0.4) is 0 Å². The second-order valence-corrected chi connectivity index (χ2v) is 4.56. The van der Waals surface area contributed by atoms with Crippen LogP contribution in [-0.2, 0) is 4.74 Å². The van der Waals surface area contributed by atoms with E-state index >= 15 is 0 Å². The highest BCUT2D eigenvalue weighted by atomic mass is 19.4. The van der Waals surface area contributed by atoms with Crippen LogP contribution in [0.15, 0.2) is 0 Å². The molecule has 0 aliphatic carbocycles. The van der Waals surface area contributed by atoms with Crippen LogP contribution in [0.2, 0.25) is 0 Å². The highest BCUT2D eigenvalue weighted by molar-refractivity contribution is 4.78. The van der Waals surface area contributed by atoms with E-state index < -0.39 is 12.1 Å². The van der Waals surface area contributed by atoms with E-state index in [0.29, 0.717) is 25.9 Å². The number of hydrogen-bond acceptors (Lipinski definition) is 3. The third-order valence-corrected chi connectivity index (χ3v) is 3.33. The van der Waals surface area contributed by atoms with E-state index in [4.69, 9.17) is 10.5 Å². The quantitative estimate of drug-likeness (QED) is 0.810. The van der Waals surface area contributed by atoms with Gasteiger partial charge in [0, 0.05) is 26.7 Å². The average molecular weight is 254 g/mol. The Morgan fingerprint density at radius 3 is 2.71 bits per heavy atom. The minimum absolute atomic E-state index is 0.0544. The van der Waals surface area contributed by atoms with Gasteiger partial charge in [0.15, 0.2) is 0 Å². The summed E-state index contributed by atoms with van der Waals surface area (Å²) in [5, 5.41) is 0. The molecule has 6 heteroatoms. The minimum Gasteiger partial charge on any atom is -0.380 e. The molecule has 0 radical (unpaired) electrons. The molecule has 17 heavy (non-hydrogen) atoms. The lowest BCUT2D eigenvalue weighted by atomic mass is 9.97. The van der Waals surface area contributed by atoms with Gasteiger partial charge in [-0.25, -0.2) is 0 Å². The molecule has 1 aliphatic rings. The van der Waals surface area contributed by atoms with Crippen molar-refractivity contribution in [1.82, 2.24) is 4.90 Å². The average Bonchev–Trinajstić information content (AvgIpc) is 2.30. The normalized spacial score (nSPS) is 24.9. The monoisotopic (exact) mass is 254 g/mol. The van der Waals surface area contributed by atoms with Crippen molar-refractivity contribution in [2.24, 2.45) is 11.7 Å². The van der Waals surface area contributed by atoms with Gasteiger partial charge >= 0.3 is 6.18 Å². The number of nitrogens with zero attached hydrogens (tertiary/aromatic N) is 1. The zero-order valence-corrected chi connectivity index (χ0v) is 10.2. The van der Waals surface area contributed by atoms with E-state index in [1.165, 1.54) is 0 Å². The summed E-state index contributed by atoms with van der Waals surface area (Å²) < 4.78 is 42.8. The largest absolute Gasteiger partial charge is 0.393 e. The van der Waals surface area contributed by atoms with Gasteiger partial charge in [-0.2, -0.15) is 13.2 Å². The Morgan fingerprint density at radius 1 is 1.47 bits per heavy atom. The lowest BCUT2D eigenvalue weighted by Gasteiger charge is -2.34. The van der Waals surface area contributed by atoms with Crippen LogP contribution in [0.1, 0.15) is 19.3 Å². The fourth-order valence-electron chi connectivity index (χ4n) is 2.18. The Kier molecular flexibility index (Phi) is 5.69. The Morgan fingerprint density at radius 2 is 2.18 bits per heavy atom. The molecule has 1 fully saturated rings. The molecule has 0 aromatic carbocycles. The van der Waals surface area contributed by atoms with Crippen LogP contribution < -0.4 is 5.73 Å². The number of methoxy groups -OCH3 is 1. The summed E-state index contributed by atoms with van der Waals surface area (Å²) in [4.78, 5) is 1.86. The van der Waals surface area contributed by atoms with Crippen LogP contribution in [-0.4, -0.2) is 50.5 Å². The molecule has 1 aliphatic heterocycles. The third-order valence-electron chi connectivity index (χ3n) is 3.33. The van der Waals surface area contributed by atoms with Crippen molar-refractivity contribution in [2.75, 3.05) is 33.3 Å². The van der Waals surface area contributed by atoms with Gasteiger partial charge in [-0.15, -0.1) is 0 Å². The molecule has 1 saturated heterocycles. The van der Waals surface area contributed by atoms with E-state index in [2.05, 4.69) is 0 Å². The lowest BCUT2D eigenvalue weighted by Crippen LogP contribution is -2.43. The van der Waals surface area contributed by atoms with Gasteiger partial charge in [0.25, 0.3) is 0 Å². The van der Waals surface area contributed by atoms with Gasteiger partial charge < -0.3 is 15.4 Å². The zero-order chi connectivity index (χ0) is 12.9. The number of rotatable bonds is 5. The summed E-state index contributed by atoms with van der Waals surface area (Å²) in [6.45, 7) is 1.90. The summed E-state index contributed by atoms with van der Waals surface area (Å²) in [6, 6.07) is 0. The summed E-state index contributed by atoms with van der Waals surface area (Å²) in [6.07, 6.45) is -2.55. The molecule has 0 spiro atoms. The first-order chi connectivity index (χ1) is 7.97. The summed E-state index contributed by atoms with van der Waals surface area (Å²) in [7, 11) is 1.58. The number of ether oxygens (including phenoxy) is 1. The maximum atomic E-state index is 12.6. The van der Waals surface area contributed by atoms with E-state index in [1.54, 1.807) is 7.11 Å². The maximum Gasteiger partial charge on any atom is 0.393 e. The molecule has 0 aromatic heterocycles. The zero-order valence-electron chi connectivity index (χ0n) is 10.2. The van der Waals surface area contributed by atoms with Gasteiger partial charge in [-0.1, -0.05) is 0 Å². The molecule has 2 unspecified atom stereocenters. The van der Waals surface area contributed by atoms with Crippen LogP contribution in [0, 0.1) is 5.92 Å². The molecule has 2 atom stereocenters. The Labute approximate surface area is 100 Å². The lowest BCUT2D eigenvalue weighted by molar-refractivity contribution is -0.186. The van der Waals surface area contributed by atoms with Gasteiger partial charge in [0.05, 0.1) is 12.0 Å². The number of alkyl halides is 3. The van der Waals surface area contributed by atoms with Crippen LogP contribution in [0.25, 0.3) is 0 Å². The molecule has 0 bridgehead atoms. The number of halogens is 3. The standard InChI is InChI=1S/C11H21F3N2O/c1-17-10(7-15)4-6-16-5-2-3-9(8-16)11(12,13)14/h9-10H,2-8,15H2,1H3. The molecule has 0 amide bonds. The molecular formula is C11H21F3N2O. The van der Waals surface area contributed by atoms with Gasteiger partial charge in [0.1, 0.15) is 0 Å². The molecule has 102 valence electrons. The van der Waals surface area contributed by atoms with E-state index in [1.807, 2.05) is 4.90 Å². The van der Waals surface area contributed by atoms with Crippen molar-refractivity contribution in [1.29, 1.82) is 0 Å². The van der Waals surface area contributed by atoms with Gasteiger partial charge in [-0.05, 0) is 25.8 Å². The van der Waals surface area contributed by atoms with Crippen LogP contribution in [0.4, 0.5) is 13.2 Å². The molecule has 2 N–H and O–H groups in total. The fraction of sp³-hybridized carbons (Fsp3) is 1.00. The second kappa shape index (κ2) is 6.56. The van der Waals surface area contributed by atoms with Crippen molar-refractivity contribution in [3.8, 4) is 0 Å². The topological polar surface area (TPSA) is 38.5 Å². The number of hydrogen-bond donors (Lipinski definition) is 1. The highest BCUT2D eigenvalue weighted by Gasteiger charge is 2.41. The van der Waals surface area contributed by atoms with Gasteiger partial charge in [0.2, 0.25) is 0 Å². The van der Waals surface area contributed by atoms with E-state index in [-0.39, 0.29) is 19.1 Å². The predicted octanol–water partition coefficient (Wildman–Crippen LogP) is 1.62. The van der Waals surface area contributed by atoms with Crippen molar-refractivity contribution in [2.45, 2.75) is 31.5 Å². The van der Waals surface area contributed by atoms with Crippen LogP contribution >= 0.6 is 0 Å². The maximum absolute atomic E-state index is 12.6. The molecular weight excluding hydrogens is 233 g/mol. The Balaban J connectivity index is 2.34. The first-order valence-corrected chi connectivity index (χ1v) is 5.99. The summed E-state index contributed by atoms with van der Waals surface area (Å²) in [5.41, 5.74) is 5.47.